The molecule has 7 nitrogen and oxygen atoms in total. The van der Waals surface area contributed by atoms with Gasteiger partial charge in [-0.15, -0.1) is 0 Å². The number of carboxylic acids is 1. The van der Waals surface area contributed by atoms with Crippen LogP contribution in [0.3, 0.4) is 0 Å². The van der Waals surface area contributed by atoms with Crippen molar-refractivity contribution in [1.82, 2.24) is 15.3 Å². The van der Waals surface area contributed by atoms with Crippen LogP contribution in [0.1, 0.15) is 11.6 Å². The second-order valence-electron chi connectivity index (χ2n) is 6.48. The monoisotopic (exact) mass is 390 g/mol. The Balaban J connectivity index is 1.62. The normalized spacial score (nSPS) is 19.9. The average Bonchev–Trinajstić information content (AvgIpc) is 3.09. The van der Waals surface area contributed by atoms with Crippen molar-refractivity contribution in [2.45, 2.75) is 16.3 Å². The van der Waals surface area contributed by atoms with Gasteiger partial charge in [-0.1, -0.05) is 30.0 Å². The largest absolute Gasteiger partial charge is 0.480 e. The molecule has 138 valence electrons. The number of carbonyl (C=O) groups excluding carboxylic acids is 1. The number of amides is 2. The maximum Gasteiger partial charge on any atom is 0.327 e. The third kappa shape index (κ3) is 2.53. The standard InChI is InChI=1S/C20H14N4O3S/c25-19(26)17-16-15-14(6-8-22-18(15)28-17)24(20(27)23-16)13-5-1-3-11(9-13)12-4-2-7-21-10-12/h1-10,16-17H,(H,23,27)(H,25,26). The third-order valence-corrected chi connectivity index (χ3v) is 6.12. The topological polar surface area (TPSA) is 95.4 Å². The Hall–Kier alpha value is -3.39. The quantitative estimate of drug-likeness (QED) is 0.709. The predicted octanol–water partition coefficient (Wildman–Crippen LogP) is 3.60. The van der Waals surface area contributed by atoms with Crippen LogP contribution in [0.25, 0.3) is 11.1 Å². The van der Waals surface area contributed by atoms with Crippen LogP contribution in [0.15, 0.2) is 66.1 Å². The molecule has 2 aliphatic rings. The zero-order valence-corrected chi connectivity index (χ0v) is 15.3. The number of carbonyl (C=O) groups is 2. The van der Waals surface area contributed by atoms with Crippen molar-refractivity contribution in [1.29, 1.82) is 0 Å². The number of aliphatic carboxylic acids is 1. The fraction of sp³-hybridized carbons (Fsp3) is 0.100. The van der Waals surface area contributed by atoms with E-state index in [0.717, 1.165) is 16.7 Å². The second kappa shape index (κ2) is 6.35. The zero-order valence-electron chi connectivity index (χ0n) is 14.4. The molecule has 0 saturated carbocycles. The highest BCUT2D eigenvalue weighted by Gasteiger charge is 2.46. The van der Waals surface area contributed by atoms with Crippen molar-refractivity contribution in [3.63, 3.8) is 0 Å². The van der Waals surface area contributed by atoms with E-state index in [2.05, 4.69) is 15.3 Å². The molecule has 8 heteroatoms. The number of aromatic nitrogens is 2. The van der Waals surface area contributed by atoms with Crippen LogP contribution in [0.2, 0.25) is 0 Å². The van der Waals surface area contributed by atoms with Gasteiger partial charge in [0, 0.05) is 29.7 Å². The molecule has 2 amide bonds. The molecule has 0 saturated heterocycles. The fourth-order valence-corrected chi connectivity index (χ4v) is 4.79. The van der Waals surface area contributed by atoms with Crippen LogP contribution < -0.4 is 10.2 Å². The molecule has 0 spiro atoms. The molecule has 0 bridgehead atoms. The van der Waals surface area contributed by atoms with Gasteiger partial charge < -0.3 is 10.4 Å². The molecule has 2 N–H and O–H groups in total. The molecule has 2 aliphatic heterocycles. The van der Waals surface area contributed by atoms with Crippen LogP contribution >= 0.6 is 11.8 Å². The highest BCUT2D eigenvalue weighted by molar-refractivity contribution is 8.00. The Bertz CT molecular complexity index is 1110. The van der Waals surface area contributed by atoms with Gasteiger partial charge in [0.15, 0.2) is 0 Å². The van der Waals surface area contributed by atoms with Crippen molar-refractivity contribution in [2.75, 3.05) is 4.90 Å². The number of pyridine rings is 2. The summed E-state index contributed by atoms with van der Waals surface area (Å²) in [5.41, 5.74) is 3.99. The summed E-state index contributed by atoms with van der Waals surface area (Å²) in [7, 11) is 0. The van der Waals surface area contributed by atoms with E-state index in [1.165, 1.54) is 11.8 Å². The minimum atomic E-state index is -0.966. The first-order chi connectivity index (χ1) is 13.6. The van der Waals surface area contributed by atoms with E-state index in [-0.39, 0.29) is 6.03 Å². The summed E-state index contributed by atoms with van der Waals surface area (Å²) in [4.78, 5) is 34.6. The second-order valence-corrected chi connectivity index (χ2v) is 7.61. The summed E-state index contributed by atoms with van der Waals surface area (Å²) < 4.78 is 0. The van der Waals surface area contributed by atoms with Gasteiger partial charge in [-0.05, 0) is 29.8 Å². The van der Waals surface area contributed by atoms with Crippen molar-refractivity contribution >= 4 is 35.1 Å². The molecule has 0 aliphatic carbocycles. The lowest BCUT2D eigenvalue weighted by atomic mass is 10.00. The Kier molecular flexibility index (Phi) is 3.80. The van der Waals surface area contributed by atoms with Crippen LogP contribution in [-0.4, -0.2) is 32.3 Å². The molecule has 4 heterocycles. The van der Waals surface area contributed by atoms with Gasteiger partial charge in [0.2, 0.25) is 0 Å². The molecule has 1 aromatic carbocycles. The first-order valence-corrected chi connectivity index (χ1v) is 9.51. The molecule has 2 unspecified atom stereocenters. The Morgan fingerprint density at radius 2 is 2.00 bits per heavy atom. The number of anilines is 2. The molecule has 28 heavy (non-hydrogen) atoms. The number of urea groups is 1. The van der Waals surface area contributed by atoms with E-state index in [4.69, 9.17) is 0 Å². The molecule has 0 fully saturated rings. The number of carboxylic acid groups (broad SMARTS) is 1. The summed E-state index contributed by atoms with van der Waals surface area (Å²) in [6, 6.07) is 12.2. The molecule has 2 aromatic heterocycles. The fourth-order valence-electron chi connectivity index (χ4n) is 3.63. The van der Waals surface area contributed by atoms with Gasteiger partial charge in [0.25, 0.3) is 0 Å². The van der Waals surface area contributed by atoms with E-state index in [1.807, 2.05) is 36.4 Å². The lowest BCUT2D eigenvalue weighted by Crippen LogP contribution is -2.47. The predicted molar refractivity (Wildman–Crippen MR) is 105 cm³/mol. The van der Waals surface area contributed by atoms with Gasteiger partial charge in [-0.3, -0.25) is 14.7 Å². The smallest absolute Gasteiger partial charge is 0.327 e. The lowest BCUT2D eigenvalue weighted by molar-refractivity contribution is -0.136. The number of thioether (sulfide) groups is 1. The van der Waals surface area contributed by atoms with Crippen molar-refractivity contribution in [2.24, 2.45) is 0 Å². The van der Waals surface area contributed by atoms with E-state index in [0.29, 0.717) is 16.4 Å². The van der Waals surface area contributed by atoms with E-state index >= 15 is 0 Å². The van der Waals surface area contributed by atoms with Gasteiger partial charge in [0.05, 0.1) is 17.4 Å². The number of nitrogens with zero attached hydrogens (tertiary/aromatic N) is 3. The maximum atomic E-state index is 12.9. The third-order valence-electron chi connectivity index (χ3n) is 4.85. The maximum absolute atomic E-state index is 12.9. The number of rotatable bonds is 3. The lowest BCUT2D eigenvalue weighted by Gasteiger charge is -2.33. The average molecular weight is 390 g/mol. The van der Waals surface area contributed by atoms with Crippen LogP contribution in [0.5, 0.6) is 0 Å². The van der Waals surface area contributed by atoms with Gasteiger partial charge in [-0.2, -0.15) is 0 Å². The van der Waals surface area contributed by atoms with Crippen LogP contribution in [0, 0.1) is 0 Å². The van der Waals surface area contributed by atoms with Crippen molar-refractivity contribution < 1.29 is 14.7 Å². The van der Waals surface area contributed by atoms with Crippen LogP contribution in [-0.2, 0) is 4.79 Å². The van der Waals surface area contributed by atoms with Gasteiger partial charge in [-0.25, -0.2) is 9.78 Å². The Morgan fingerprint density at radius 3 is 2.79 bits per heavy atom. The molecular weight excluding hydrogens is 376 g/mol. The van der Waals surface area contributed by atoms with E-state index < -0.39 is 17.3 Å². The van der Waals surface area contributed by atoms with Crippen molar-refractivity contribution in [3.8, 4) is 11.1 Å². The first kappa shape index (κ1) is 16.8. The van der Waals surface area contributed by atoms with Crippen molar-refractivity contribution in [3.05, 3.63) is 66.6 Å². The molecule has 2 atom stereocenters. The summed E-state index contributed by atoms with van der Waals surface area (Å²) in [6.07, 6.45) is 5.09. The summed E-state index contributed by atoms with van der Waals surface area (Å²) in [5, 5.41) is 12.2. The minimum Gasteiger partial charge on any atom is -0.480 e. The Labute approximate surface area is 164 Å². The zero-order chi connectivity index (χ0) is 19.3. The van der Waals surface area contributed by atoms with Gasteiger partial charge >= 0.3 is 12.0 Å². The molecule has 3 aromatic rings. The summed E-state index contributed by atoms with van der Waals surface area (Å²) >= 11 is 1.17. The highest BCUT2D eigenvalue weighted by atomic mass is 32.2. The number of nitrogens with one attached hydrogen (secondary N) is 1. The molecular formula is C20H14N4O3S. The summed E-state index contributed by atoms with van der Waals surface area (Å²) in [5.74, 6) is -0.966. The van der Waals surface area contributed by atoms with Gasteiger partial charge in [0.1, 0.15) is 10.3 Å². The van der Waals surface area contributed by atoms with E-state index in [1.54, 1.807) is 29.6 Å². The Morgan fingerprint density at radius 1 is 1.14 bits per heavy atom. The molecule has 0 radical (unpaired) electrons. The van der Waals surface area contributed by atoms with E-state index in [9.17, 15) is 14.7 Å². The minimum absolute atomic E-state index is 0.355. The first-order valence-electron chi connectivity index (χ1n) is 8.63. The molecule has 5 rings (SSSR count). The number of benzene rings is 1. The SMILES string of the molecule is O=C(O)C1Sc2nccc3c2C1NC(=O)N3c1cccc(-c2cccnc2)c1. The highest BCUT2D eigenvalue weighted by Crippen LogP contribution is 2.50. The van der Waals surface area contributed by atoms with Crippen LogP contribution in [0.4, 0.5) is 16.2 Å². The number of hydrogen-bond acceptors (Lipinski definition) is 5. The summed E-state index contributed by atoms with van der Waals surface area (Å²) in [6.45, 7) is 0. The number of hydrogen-bond donors (Lipinski definition) is 2.